The summed E-state index contributed by atoms with van der Waals surface area (Å²) in [4.78, 5) is 17.8. The molecule has 0 unspecified atom stereocenters. The molecule has 0 amide bonds. The molecule has 0 aliphatic carbocycles. The summed E-state index contributed by atoms with van der Waals surface area (Å²) < 4.78 is 9.73. The lowest BCUT2D eigenvalue weighted by Gasteiger charge is -2.24. The van der Waals surface area contributed by atoms with Gasteiger partial charge in [-0.25, -0.2) is 4.98 Å². The molecule has 2 N–H and O–H groups in total. The molecular weight excluding hydrogens is 278 g/mol. The first kappa shape index (κ1) is 16.3. The third kappa shape index (κ3) is 4.75. The molecule has 0 bridgehead atoms. The van der Waals surface area contributed by atoms with Crippen LogP contribution in [0.5, 0.6) is 0 Å². The summed E-state index contributed by atoms with van der Waals surface area (Å²) in [5, 5.41) is 0. The zero-order valence-electron chi connectivity index (χ0n) is 11.7. The third-order valence-electron chi connectivity index (χ3n) is 2.73. The van der Waals surface area contributed by atoms with E-state index in [-0.39, 0.29) is 17.4 Å². The smallest absolute Gasteiger partial charge is 0.307 e. The number of nitrogens with zero attached hydrogens (tertiary/aromatic N) is 2. The van der Waals surface area contributed by atoms with E-state index in [0.717, 1.165) is 0 Å². The second kappa shape index (κ2) is 8.44. The molecule has 0 aromatic carbocycles. The Labute approximate surface area is 123 Å². The first-order valence-electron chi connectivity index (χ1n) is 6.15. The number of esters is 1. The molecule has 0 aliphatic rings. The van der Waals surface area contributed by atoms with Crippen molar-refractivity contribution in [2.45, 2.75) is 6.42 Å². The summed E-state index contributed by atoms with van der Waals surface area (Å²) in [5.41, 5.74) is 6.39. The number of hydrogen-bond donors (Lipinski definition) is 1. The molecule has 1 aromatic rings. The van der Waals surface area contributed by atoms with Gasteiger partial charge in [-0.15, -0.1) is 0 Å². The van der Waals surface area contributed by atoms with Gasteiger partial charge in [0.15, 0.2) is 0 Å². The minimum Gasteiger partial charge on any atom is -0.469 e. The first-order valence-corrected chi connectivity index (χ1v) is 6.56. The summed E-state index contributed by atoms with van der Waals surface area (Å²) in [5.74, 6) is 0.376. The van der Waals surface area contributed by atoms with Crippen LogP contribution >= 0.6 is 12.2 Å². The van der Waals surface area contributed by atoms with E-state index in [2.05, 4.69) is 9.72 Å². The van der Waals surface area contributed by atoms with Crippen molar-refractivity contribution in [3.8, 4) is 0 Å². The fourth-order valence-electron chi connectivity index (χ4n) is 1.69. The second-order valence-corrected chi connectivity index (χ2v) is 4.48. The standard InChI is InChI=1S/C13H19N3O3S/c1-18-9-8-16(7-5-11(17)19-2)13-10(12(14)20)4-3-6-15-13/h3-4,6H,5,7-9H2,1-2H3,(H2,14,20). The van der Waals surface area contributed by atoms with Crippen LogP contribution in [0.2, 0.25) is 0 Å². The van der Waals surface area contributed by atoms with Gasteiger partial charge in [0.2, 0.25) is 0 Å². The van der Waals surface area contributed by atoms with Crippen LogP contribution in [-0.2, 0) is 14.3 Å². The maximum atomic E-state index is 11.3. The molecular formula is C13H19N3O3S. The third-order valence-corrected chi connectivity index (χ3v) is 2.95. The zero-order chi connectivity index (χ0) is 15.0. The Bertz CT molecular complexity index is 468. The molecule has 1 aromatic heterocycles. The minimum atomic E-state index is -0.278. The second-order valence-electron chi connectivity index (χ2n) is 4.04. The van der Waals surface area contributed by atoms with E-state index in [1.54, 1.807) is 19.4 Å². The Morgan fingerprint density at radius 1 is 1.45 bits per heavy atom. The van der Waals surface area contributed by atoms with Crippen LogP contribution in [0.3, 0.4) is 0 Å². The lowest BCUT2D eigenvalue weighted by atomic mass is 10.2. The number of thiocarbonyl (C=S) groups is 1. The van der Waals surface area contributed by atoms with Crippen molar-refractivity contribution >= 4 is 29.0 Å². The lowest BCUT2D eigenvalue weighted by Crippen LogP contribution is -2.32. The average molecular weight is 297 g/mol. The maximum Gasteiger partial charge on any atom is 0.307 e. The monoisotopic (exact) mass is 297 g/mol. The molecule has 0 atom stereocenters. The highest BCUT2D eigenvalue weighted by Crippen LogP contribution is 2.17. The Balaban J connectivity index is 2.91. The van der Waals surface area contributed by atoms with Gasteiger partial charge < -0.3 is 20.1 Å². The topological polar surface area (TPSA) is 77.7 Å². The SMILES string of the molecule is COCCN(CCC(=O)OC)c1ncccc1C(N)=S. The van der Waals surface area contributed by atoms with Gasteiger partial charge >= 0.3 is 5.97 Å². The molecule has 6 nitrogen and oxygen atoms in total. The van der Waals surface area contributed by atoms with Gasteiger partial charge in [0.25, 0.3) is 0 Å². The number of aromatic nitrogens is 1. The number of carbonyl (C=O) groups excluding carboxylic acids is 1. The molecule has 0 spiro atoms. The van der Waals surface area contributed by atoms with Crippen molar-refractivity contribution < 1.29 is 14.3 Å². The van der Waals surface area contributed by atoms with Crippen molar-refractivity contribution in [1.29, 1.82) is 0 Å². The zero-order valence-corrected chi connectivity index (χ0v) is 12.5. The van der Waals surface area contributed by atoms with Gasteiger partial charge in [0.1, 0.15) is 10.8 Å². The van der Waals surface area contributed by atoms with E-state index in [1.165, 1.54) is 7.11 Å². The van der Waals surface area contributed by atoms with E-state index in [0.29, 0.717) is 31.1 Å². The Morgan fingerprint density at radius 3 is 2.80 bits per heavy atom. The van der Waals surface area contributed by atoms with Gasteiger partial charge in [-0.05, 0) is 12.1 Å². The van der Waals surface area contributed by atoms with E-state index in [1.807, 2.05) is 11.0 Å². The molecule has 0 aliphatic heterocycles. The molecule has 0 saturated heterocycles. The van der Waals surface area contributed by atoms with Crippen molar-refractivity contribution in [3.63, 3.8) is 0 Å². The fraction of sp³-hybridized carbons (Fsp3) is 0.462. The first-order chi connectivity index (χ1) is 9.60. The molecule has 0 radical (unpaired) electrons. The number of carbonyl (C=O) groups is 1. The van der Waals surface area contributed by atoms with Gasteiger partial charge in [-0.3, -0.25) is 4.79 Å². The predicted octanol–water partition coefficient (Wildman–Crippen LogP) is 0.732. The van der Waals surface area contributed by atoms with Crippen LogP contribution in [0, 0.1) is 0 Å². The molecule has 1 rings (SSSR count). The van der Waals surface area contributed by atoms with Crippen molar-refractivity contribution in [1.82, 2.24) is 4.98 Å². The van der Waals surface area contributed by atoms with E-state index in [9.17, 15) is 4.79 Å². The molecule has 0 fully saturated rings. The van der Waals surface area contributed by atoms with Crippen molar-refractivity contribution in [2.75, 3.05) is 38.8 Å². The predicted molar refractivity (Wildman–Crippen MR) is 80.8 cm³/mol. The average Bonchev–Trinajstić information content (AvgIpc) is 2.47. The molecule has 0 saturated carbocycles. The lowest BCUT2D eigenvalue weighted by molar-refractivity contribution is -0.140. The van der Waals surface area contributed by atoms with Crippen molar-refractivity contribution in [3.05, 3.63) is 23.9 Å². The number of pyridine rings is 1. The van der Waals surface area contributed by atoms with Crippen LogP contribution < -0.4 is 10.6 Å². The number of nitrogens with two attached hydrogens (primary N) is 1. The van der Waals surface area contributed by atoms with Gasteiger partial charge in [0.05, 0.1) is 25.7 Å². The van der Waals surface area contributed by atoms with Crippen LogP contribution in [0.4, 0.5) is 5.82 Å². The summed E-state index contributed by atoms with van der Waals surface area (Å²) in [6, 6.07) is 3.58. The Kier molecular flexibility index (Phi) is 6.89. The van der Waals surface area contributed by atoms with Crippen LogP contribution in [0.1, 0.15) is 12.0 Å². The number of methoxy groups -OCH3 is 2. The Morgan fingerprint density at radius 2 is 2.20 bits per heavy atom. The van der Waals surface area contributed by atoms with Gasteiger partial charge in [0, 0.05) is 26.4 Å². The number of hydrogen-bond acceptors (Lipinski definition) is 6. The number of rotatable bonds is 8. The van der Waals surface area contributed by atoms with E-state index >= 15 is 0 Å². The molecule has 7 heteroatoms. The minimum absolute atomic E-state index is 0.258. The highest BCUT2D eigenvalue weighted by molar-refractivity contribution is 7.80. The maximum absolute atomic E-state index is 11.3. The summed E-state index contributed by atoms with van der Waals surface area (Å²) in [7, 11) is 2.98. The normalized spacial score (nSPS) is 10.1. The molecule has 1 heterocycles. The molecule has 110 valence electrons. The van der Waals surface area contributed by atoms with Gasteiger partial charge in [-0.1, -0.05) is 12.2 Å². The molecule has 20 heavy (non-hydrogen) atoms. The largest absolute Gasteiger partial charge is 0.469 e. The van der Waals surface area contributed by atoms with Gasteiger partial charge in [-0.2, -0.15) is 0 Å². The quantitative estimate of drug-likeness (QED) is 0.560. The van der Waals surface area contributed by atoms with E-state index < -0.39 is 0 Å². The summed E-state index contributed by atoms with van der Waals surface area (Å²) in [6.07, 6.45) is 1.92. The highest BCUT2D eigenvalue weighted by atomic mass is 32.1. The van der Waals surface area contributed by atoms with E-state index in [4.69, 9.17) is 22.7 Å². The number of anilines is 1. The van der Waals surface area contributed by atoms with Crippen LogP contribution in [0.15, 0.2) is 18.3 Å². The van der Waals surface area contributed by atoms with Crippen LogP contribution in [0.25, 0.3) is 0 Å². The number of ether oxygens (including phenoxy) is 2. The Hall–Kier alpha value is -1.73. The fourth-order valence-corrected chi connectivity index (χ4v) is 1.85. The summed E-state index contributed by atoms with van der Waals surface area (Å²) in [6.45, 7) is 1.55. The van der Waals surface area contributed by atoms with Crippen LogP contribution in [-0.4, -0.2) is 49.9 Å². The highest BCUT2D eigenvalue weighted by Gasteiger charge is 2.15. The summed E-state index contributed by atoms with van der Waals surface area (Å²) >= 11 is 5.03. The van der Waals surface area contributed by atoms with Crippen molar-refractivity contribution in [2.24, 2.45) is 5.73 Å².